The fraction of sp³-hybridized carbons (Fsp3) is 0.167. The second-order valence-electron chi connectivity index (χ2n) is 7.30. The van der Waals surface area contributed by atoms with Crippen molar-refractivity contribution in [3.8, 4) is 0 Å². The quantitative estimate of drug-likeness (QED) is 0.574. The summed E-state index contributed by atoms with van der Waals surface area (Å²) in [6.07, 6.45) is 0.991. The molecule has 0 fully saturated rings. The van der Waals surface area contributed by atoms with Crippen molar-refractivity contribution in [1.29, 1.82) is 0 Å². The first-order chi connectivity index (χ1) is 15.9. The fourth-order valence-corrected chi connectivity index (χ4v) is 3.43. The summed E-state index contributed by atoms with van der Waals surface area (Å²) in [5, 5.41) is 2.75. The van der Waals surface area contributed by atoms with Gasteiger partial charge in [0.25, 0.3) is 17.7 Å². The van der Waals surface area contributed by atoms with E-state index in [2.05, 4.69) is 5.32 Å². The number of benzene rings is 2. The Morgan fingerprint density at radius 3 is 2.42 bits per heavy atom. The number of nitrogens with zero attached hydrogens (tertiary/aromatic N) is 2. The predicted molar refractivity (Wildman–Crippen MR) is 119 cm³/mol. The van der Waals surface area contributed by atoms with E-state index in [-0.39, 0.29) is 29.8 Å². The third-order valence-corrected chi connectivity index (χ3v) is 5.18. The molecule has 1 N–H and O–H groups in total. The number of hydrogen-bond donors (Lipinski definition) is 1. The number of rotatable bonds is 6. The van der Waals surface area contributed by atoms with Crippen LogP contribution in [0.5, 0.6) is 0 Å². The van der Waals surface area contributed by atoms with E-state index in [1.807, 2.05) is 0 Å². The molecule has 4 amide bonds. The Balaban J connectivity index is 1.46. The molecule has 0 bridgehead atoms. The van der Waals surface area contributed by atoms with Gasteiger partial charge in [-0.05, 0) is 61.5 Å². The Kier molecular flexibility index (Phi) is 5.95. The van der Waals surface area contributed by atoms with E-state index in [0.29, 0.717) is 17.1 Å². The Bertz CT molecular complexity index is 1220. The van der Waals surface area contributed by atoms with Gasteiger partial charge in [-0.2, -0.15) is 0 Å². The zero-order chi connectivity index (χ0) is 23.5. The van der Waals surface area contributed by atoms with Crippen LogP contribution in [0.1, 0.15) is 43.8 Å². The van der Waals surface area contributed by atoms with Crippen molar-refractivity contribution in [1.82, 2.24) is 4.90 Å². The van der Waals surface area contributed by atoms with Gasteiger partial charge in [-0.15, -0.1) is 0 Å². The number of carbonyl (C=O) groups is 4. The lowest BCUT2D eigenvalue weighted by atomic mass is 10.1. The van der Waals surface area contributed by atoms with E-state index in [0.717, 1.165) is 4.90 Å². The van der Waals surface area contributed by atoms with Gasteiger partial charge in [-0.1, -0.05) is 0 Å². The molecule has 0 atom stereocenters. The van der Waals surface area contributed by atoms with Gasteiger partial charge in [0.05, 0.1) is 30.5 Å². The van der Waals surface area contributed by atoms with Crippen molar-refractivity contribution < 1.29 is 28.3 Å². The smallest absolute Gasteiger partial charge is 0.413 e. The molecule has 4 rings (SSSR count). The van der Waals surface area contributed by atoms with Crippen LogP contribution in [0.25, 0.3) is 0 Å². The highest BCUT2D eigenvalue weighted by molar-refractivity contribution is 6.22. The molecule has 0 spiro atoms. The van der Waals surface area contributed by atoms with E-state index in [9.17, 15) is 19.2 Å². The van der Waals surface area contributed by atoms with Crippen molar-refractivity contribution in [2.45, 2.75) is 13.5 Å². The highest BCUT2D eigenvalue weighted by atomic mass is 16.6. The van der Waals surface area contributed by atoms with Crippen LogP contribution < -0.4 is 10.2 Å². The van der Waals surface area contributed by atoms with E-state index in [1.54, 1.807) is 50.4 Å². The third-order valence-electron chi connectivity index (χ3n) is 5.18. The van der Waals surface area contributed by atoms with Gasteiger partial charge >= 0.3 is 6.09 Å². The number of nitrogens with one attached hydrogen (secondary N) is 1. The van der Waals surface area contributed by atoms with E-state index < -0.39 is 23.8 Å². The standard InChI is InChI=1S/C24H21N3O6/c1-3-32-24(31)26(2)17-9-7-16(8-10-17)25-21(28)15-6-11-19-20(13-15)23(30)27(22(19)29)14-18-5-4-12-33-18/h4-13H,3,14H2,1-2H3,(H,25,28). The SMILES string of the molecule is CCOC(=O)N(C)c1ccc(NC(=O)c2ccc3c(c2)C(=O)N(Cc2ccco2)C3=O)cc1. The molecule has 33 heavy (non-hydrogen) atoms. The van der Waals surface area contributed by atoms with Crippen LogP contribution in [-0.2, 0) is 11.3 Å². The molecule has 2 aromatic carbocycles. The monoisotopic (exact) mass is 447 g/mol. The molecule has 1 aliphatic heterocycles. The summed E-state index contributed by atoms with van der Waals surface area (Å²) < 4.78 is 10.2. The van der Waals surface area contributed by atoms with Gasteiger partial charge in [-0.25, -0.2) is 4.79 Å². The molecule has 2 heterocycles. The van der Waals surface area contributed by atoms with Crippen LogP contribution in [-0.4, -0.2) is 42.4 Å². The third kappa shape index (κ3) is 4.33. The Morgan fingerprint density at radius 2 is 1.76 bits per heavy atom. The Morgan fingerprint density at radius 1 is 1.03 bits per heavy atom. The van der Waals surface area contributed by atoms with Gasteiger partial charge in [0.2, 0.25) is 0 Å². The van der Waals surface area contributed by atoms with Crippen LogP contribution >= 0.6 is 0 Å². The minimum absolute atomic E-state index is 0.0213. The summed E-state index contributed by atoms with van der Waals surface area (Å²) >= 11 is 0. The molecule has 0 radical (unpaired) electrons. The minimum atomic E-state index is -0.479. The van der Waals surface area contributed by atoms with Gasteiger partial charge < -0.3 is 14.5 Å². The van der Waals surface area contributed by atoms with Crippen LogP contribution in [0.2, 0.25) is 0 Å². The van der Waals surface area contributed by atoms with Crippen LogP contribution in [0.4, 0.5) is 16.2 Å². The first-order valence-corrected chi connectivity index (χ1v) is 10.2. The first-order valence-electron chi connectivity index (χ1n) is 10.2. The lowest BCUT2D eigenvalue weighted by Gasteiger charge is -2.17. The maximum absolute atomic E-state index is 12.8. The molecule has 0 saturated heterocycles. The first kappa shape index (κ1) is 21.8. The zero-order valence-electron chi connectivity index (χ0n) is 18.0. The predicted octanol–water partition coefficient (Wildman–Crippen LogP) is 3.92. The summed E-state index contributed by atoms with van der Waals surface area (Å²) in [5.41, 5.74) is 1.76. The molecule has 0 unspecified atom stereocenters. The number of anilines is 2. The maximum Gasteiger partial charge on any atom is 0.413 e. The number of imide groups is 1. The van der Waals surface area contributed by atoms with Gasteiger partial charge in [0.15, 0.2) is 0 Å². The van der Waals surface area contributed by atoms with E-state index in [4.69, 9.17) is 9.15 Å². The summed E-state index contributed by atoms with van der Waals surface area (Å²) in [7, 11) is 1.59. The summed E-state index contributed by atoms with van der Waals surface area (Å²) in [5.74, 6) is -0.861. The molecule has 3 aromatic rings. The number of furan rings is 1. The largest absolute Gasteiger partial charge is 0.467 e. The summed E-state index contributed by atoms with van der Waals surface area (Å²) in [6, 6.07) is 14.4. The molecule has 0 saturated carbocycles. The molecule has 1 aromatic heterocycles. The topological polar surface area (TPSA) is 109 Å². The van der Waals surface area contributed by atoms with Crippen molar-refractivity contribution in [3.05, 3.63) is 83.3 Å². The average molecular weight is 447 g/mol. The van der Waals surface area contributed by atoms with E-state index >= 15 is 0 Å². The molecule has 9 nitrogen and oxygen atoms in total. The fourth-order valence-electron chi connectivity index (χ4n) is 3.43. The number of fused-ring (bicyclic) bond motifs is 1. The highest BCUT2D eigenvalue weighted by Gasteiger charge is 2.36. The lowest BCUT2D eigenvalue weighted by molar-refractivity contribution is 0.0631. The maximum atomic E-state index is 12.8. The molecule has 168 valence electrons. The molecule has 0 aliphatic carbocycles. The number of carbonyl (C=O) groups excluding carboxylic acids is 4. The number of hydrogen-bond acceptors (Lipinski definition) is 6. The minimum Gasteiger partial charge on any atom is -0.467 e. The van der Waals surface area contributed by atoms with Crippen LogP contribution in [0, 0.1) is 0 Å². The van der Waals surface area contributed by atoms with Crippen molar-refractivity contribution >= 4 is 35.2 Å². The van der Waals surface area contributed by atoms with Crippen molar-refractivity contribution in [3.63, 3.8) is 0 Å². The zero-order valence-corrected chi connectivity index (χ0v) is 18.0. The molecular formula is C24H21N3O6. The average Bonchev–Trinajstić information content (AvgIpc) is 3.42. The Hall–Kier alpha value is -4.40. The molecule has 9 heteroatoms. The lowest BCUT2D eigenvalue weighted by Crippen LogP contribution is -2.28. The van der Waals surface area contributed by atoms with Crippen molar-refractivity contribution in [2.75, 3.05) is 23.9 Å². The highest BCUT2D eigenvalue weighted by Crippen LogP contribution is 2.26. The molecule has 1 aliphatic rings. The van der Waals surface area contributed by atoms with Gasteiger partial charge in [0, 0.05) is 24.0 Å². The van der Waals surface area contributed by atoms with Crippen LogP contribution in [0.15, 0.2) is 65.3 Å². The Labute approximate surface area is 189 Å². The number of amides is 4. The number of ether oxygens (including phenoxy) is 1. The van der Waals surface area contributed by atoms with Crippen molar-refractivity contribution in [2.24, 2.45) is 0 Å². The second-order valence-corrected chi connectivity index (χ2v) is 7.30. The second kappa shape index (κ2) is 8.99. The normalized spacial score (nSPS) is 12.5. The summed E-state index contributed by atoms with van der Waals surface area (Å²) in [4.78, 5) is 52.4. The van der Waals surface area contributed by atoms with Gasteiger partial charge in [-0.3, -0.25) is 24.2 Å². The molecular weight excluding hydrogens is 426 g/mol. The summed E-state index contributed by atoms with van der Waals surface area (Å²) in [6.45, 7) is 2.02. The van der Waals surface area contributed by atoms with E-state index in [1.165, 1.54) is 29.4 Å². The van der Waals surface area contributed by atoms with Gasteiger partial charge in [0.1, 0.15) is 5.76 Å². The van der Waals surface area contributed by atoms with Crippen LogP contribution in [0.3, 0.4) is 0 Å².